The molecule has 0 saturated carbocycles. The summed E-state index contributed by atoms with van der Waals surface area (Å²) in [4.78, 5) is 0. The molecule has 2 nitrogen and oxygen atoms in total. The lowest BCUT2D eigenvalue weighted by Crippen LogP contribution is -2.25. The van der Waals surface area contributed by atoms with Crippen LogP contribution in [0.2, 0.25) is 0 Å². The average Bonchev–Trinajstić information content (AvgIpc) is 2.32. The quantitative estimate of drug-likeness (QED) is 0.868. The number of hydrogen-bond acceptors (Lipinski definition) is 2. The van der Waals surface area contributed by atoms with Gasteiger partial charge in [0.25, 0.3) is 0 Å². The summed E-state index contributed by atoms with van der Waals surface area (Å²) < 4.78 is 19.8. The zero-order chi connectivity index (χ0) is 12.8. The van der Waals surface area contributed by atoms with Crippen LogP contribution in [-0.2, 0) is 4.74 Å². The first-order valence-electron chi connectivity index (χ1n) is 5.71. The Morgan fingerprint density at radius 2 is 2.18 bits per heavy atom. The third kappa shape index (κ3) is 4.05. The van der Waals surface area contributed by atoms with E-state index in [4.69, 9.17) is 4.74 Å². The summed E-state index contributed by atoms with van der Waals surface area (Å²) in [6.45, 7) is 2.79. The minimum absolute atomic E-state index is 0.00245. The number of nitrogens with one attached hydrogen (secondary N) is 1. The van der Waals surface area contributed by atoms with Crippen molar-refractivity contribution in [3.05, 3.63) is 34.1 Å². The first-order valence-corrected chi connectivity index (χ1v) is 6.50. The summed E-state index contributed by atoms with van der Waals surface area (Å²) in [5.41, 5.74) is 0.700. The van der Waals surface area contributed by atoms with Gasteiger partial charge in [0.1, 0.15) is 5.82 Å². The Morgan fingerprint density at radius 1 is 1.47 bits per heavy atom. The van der Waals surface area contributed by atoms with Crippen LogP contribution >= 0.6 is 15.9 Å². The van der Waals surface area contributed by atoms with Crippen molar-refractivity contribution in [2.45, 2.75) is 19.4 Å². The summed E-state index contributed by atoms with van der Waals surface area (Å²) in [5.74, 6) is 0.139. The molecule has 0 fully saturated rings. The molecule has 0 radical (unpaired) electrons. The molecule has 4 heteroatoms. The van der Waals surface area contributed by atoms with E-state index in [0.717, 1.165) is 10.9 Å². The van der Waals surface area contributed by atoms with Crippen LogP contribution in [-0.4, -0.2) is 20.8 Å². The zero-order valence-electron chi connectivity index (χ0n) is 10.5. The number of ether oxygens (including phenoxy) is 1. The monoisotopic (exact) mass is 303 g/mol. The highest BCUT2D eigenvalue weighted by molar-refractivity contribution is 9.10. The molecule has 17 heavy (non-hydrogen) atoms. The van der Waals surface area contributed by atoms with E-state index < -0.39 is 0 Å². The maximum Gasteiger partial charge on any atom is 0.128 e. The molecule has 96 valence electrons. The Balaban J connectivity index is 2.88. The van der Waals surface area contributed by atoms with Crippen LogP contribution in [0.5, 0.6) is 0 Å². The van der Waals surface area contributed by atoms with E-state index in [9.17, 15) is 4.39 Å². The Kier molecular flexibility index (Phi) is 6.09. The lowest BCUT2D eigenvalue weighted by Gasteiger charge is -2.24. The van der Waals surface area contributed by atoms with Gasteiger partial charge in [0.05, 0.1) is 0 Å². The molecule has 0 amide bonds. The van der Waals surface area contributed by atoms with Gasteiger partial charge in [0, 0.05) is 29.8 Å². The molecule has 0 aliphatic heterocycles. The smallest absolute Gasteiger partial charge is 0.128 e. The molecule has 1 aromatic carbocycles. The van der Waals surface area contributed by atoms with Crippen molar-refractivity contribution in [1.29, 1.82) is 0 Å². The summed E-state index contributed by atoms with van der Waals surface area (Å²) in [7, 11) is 3.54. The fourth-order valence-electron chi connectivity index (χ4n) is 1.97. The molecule has 1 N–H and O–H groups in total. The predicted molar refractivity (Wildman–Crippen MR) is 71.6 cm³/mol. The van der Waals surface area contributed by atoms with Gasteiger partial charge in [-0.05, 0) is 37.6 Å². The molecule has 0 aliphatic carbocycles. The second kappa shape index (κ2) is 7.09. The summed E-state index contributed by atoms with van der Waals surface area (Å²) in [6, 6.07) is 5.04. The molecule has 0 saturated heterocycles. The van der Waals surface area contributed by atoms with E-state index >= 15 is 0 Å². The molecular weight excluding hydrogens is 285 g/mol. The molecule has 0 aliphatic rings. The zero-order valence-corrected chi connectivity index (χ0v) is 12.1. The topological polar surface area (TPSA) is 21.3 Å². The third-order valence-electron chi connectivity index (χ3n) is 2.95. The minimum atomic E-state index is -0.170. The van der Waals surface area contributed by atoms with Gasteiger partial charge in [-0.2, -0.15) is 0 Å². The first-order chi connectivity index (χ1) is 8.10. The van der Waals surface area contributed by atoms with E-state index in [0.29, 0.717) is 18.1 Å². The van der Waals surface area contributed by atoms with E-state index in [2.05, 4.69) is 28.2 Å². The molecule has 0 aromatic heterocycles. The Morgan fingerprint density at radius 3 is 2.76 bits per heavy atom. The van der Waals surface area contributed by atoms with Crippen LogP contribution in [0.1, 0.15) is 24.9 Å². The van der Waals surface area contributed by atoms with Crippen molar-refractivity contribution < 1.29 is 9.13 Å². The molecule has 2 atom stereocenters. The Labute approximate surface area is 111 Å². The molecule has 1 aromatic rings. The van der Waals surface area contributed by atoms with Gasteiger partial charge in [0.15, 0.2) is 0 Å². The number of hydrogen-bond donors (Lipinski definition) is 1. The highest BCUT2D eigenvalue weighted by Crippen LogP contribution is 2.28. The maximum absolute atomic E-state index is 13.8. The van der Waals surface area contributed by atoms with Crippen LogP contribution in [0.15, 0.2) is 22.7 Å². The summed E-state index contributed by atoms with van der Waals surface area (Å²) in [5, 5.41) is 3.18. The van der Waals surface area contributed by atoms with E-state index in [1.807, 2.05) is 13.1 Å². The SMILES string of the molecule is CNC(c1cc(Br)ccc1F)C(C)CCOC. The number of rotatable bonds is 6. The molecule has 0 heterocycles. The average molecular weight is 304 g/mol. The van der Waals surface area contributed by atoms with Gasteiger partial charge in [-0.15, -0.1) is 0 Å². The second-order valence-electron chi connectivity index (χ2n) is 4.19. The van der Waals surface area contributed by atoms with Crippen LogP contribution < -0.4 is 5.32 Å². The van der Waals surface area contributed by atoms with Crippen LogP contribution in [0.25, 0.3) is 0 Å². The van der Waals surface area contributed by atoms with Gasteiger partial charge >= 0.3 is 0 Å². The molecule has 2 unspecified atom stereocenters. The summed E-state index contributed by atoms with van der Waals surface area (Å²) in [6.07, 6.45) is 0.897. The predicted octanol–water partition coefficient (Wildman–Crippen LogP) is 3.52. The van der Waals surface area contributed by atoms with Crippen LogP contribution in [0.3, 0.4) is 0 Å². The fraction of sp³-hybridized carbons (Fsp3) is 0.538. The Bertz CT molecular complexity index is 359. The largest absolute Gasteiger partial charge is 0.385 e. The molecular formula is C13H19BrFNO. The van der Waals surface area contributed by atoms with Crippen molar-refractivity contribution in [2.24, 2.45) is 5.92 Å². The summed E-state index contributed by atoms with van der Waals surface area (Å²) >= 11 is 3.38. The number of halogens is 2. The standard InChI is InChI=1S/C13H19BrFNO/c1-9(6-7-17-3)13(16-2)11-8-10(14)4-5-12(11)15/h4-5,8-9,13,16H,6-7H2,1-3H3. The van der Waals surface area contributed by atoms with Crippen LogP contribution in [0.4, 0.5) is 4.39 Å². The van der Waals surface area contributed by atoms with E-state index in [-0.39, 0.29) is 11.9 Å². The van der Waals surface area contributed by atoms with Gasteiger partial charge in [0.2, 0.25) is 0 Å². The molecule has 1 rings (SSSR count). The van der Waals surface area contributed by atoms with Gasteiger partial charge in [-0.3, -0.25) is 0 Å². The van der Waals surface area contributed by atoms with Crippen LogP contribution in [0, 0.1) is 11.7 Å². The fourth-order valence-corrected chi connectivity index (χ4v) is 2.35. The normalized spacial score (nSPS) is 14.6. The lowest BCUT2D eigenvalue weighted by atomic mass is 9.92. The second-order valence-corrected chi connectivity index (χ2v) is 5.11. The minimum Gasteiger partial charge on any atom is -0.385 e. The van der Waals surface area contributed by atoms with E-state index in [1.165, 1.54) is 6.07 Å². The number of methoxy groups -OCH3 is 1. The highest BCUT2D eigenvalue weighted by Gasteiger charge is 2.20. The highest BCUT2D eigenvalue weighted by atomic mass is 79.9. The molecule has 0 bridgehead atoms. The van der Waals surface area contributed by atoms with E-state index in [1.54, 1.807) is 13.2 Å². The van der Waals surface area contributed by atoms with Gasteiger partial charge < -0.3 is 10.1 Å². The van der Waals surface area contributed by atoms with Gasteiger partial charge in [-0.1, -0.05) is 22.9 Å². The molecule has 0 spiro atoms. The van der Waals surface area contributed by atoms with Crippen molar-refractivity contribution in [1.82, 2.24) is 5.32 Å². The van der Waals surface area contributed by atoms with Crippen molar-refractivity contribution >= 4 is 15.9 Å². The lowest BCUT2D eigenvalue weighted by molar-refractivity contribution is 0.171. The van der Waals surface area contributed by atoms with Crippen molar-refractivity contribution in [2.75, 3.05) is 20.8 Å². The van der Waals surface area contributed by atoms with Gasteiger partial charge in [-0.25, -0.2) is 4.39 Å². The first kappa shape index (κ1) is 14.6. The van der Waals surface area contributed by atoms with Crippen molar-refractivity contribution in [3.8, 4) is 0 Å². The Hall–Kier alpha value is -0.450. The maximum atomic E-state index is 13.8. The van der Waals surface area contributed by atoms with Crippen molar-refractivity contribution in [3.63, 3.8) is 0 Å². The number of benzene rings is 1. The third-order valence-corrected chi connectivity index (χ3v) is 3.44.